The third kappa shape index (κ3) is 2.62. The fraction of sp³-hybridized carbons (Fsp3) is 0.211. The molecule has 2 heterocycles. The maximum Gasteiger partial charge on any atom is 0.264 e. The Morgan fingerprint density at radius 3 is 2.52 bits per heavy atom. The molecule has 0 radical (unpaired) electrons. The standard InChI is InChI=1S/C19H18N2O3S/c1-13-11-16-5-3-4-6-19(16)21(13)25(22,23)17-9-7-15(8-10-17)18-12-24-14(2)20-18/h3-10,12-13H,11H2,1-2H3. The van der Waals surface area contributed by atoms with Gasteiger partial charge in [-0.2, -0.15) is 0 Å². The summed E-state index contributed by atoms with van der Waals surface area (Å²) in [5, 5.41) is 0. The van der Waals surface area contributed by atoms with E-state index in [1.807, 2.05) is 31.2 Å². The molecule has 0 bridgehead atoms. The Labute approximate surface area is 147 Å². The van der Waals surface area contributed by atoms with Crippen molar-refractivity contribution in [2.45, 2.75) is 31.2 Å². The molecule has 128 valence electrons. The van der Waals surface area contributed by atoms with Crippen LogP contribution in [0.4, 0.5) is 5.69 Å². The van der Waals surface area contributed by atoms with Crippen LogP contribution >= 0.6 is 0 Å². The van der Waals surface area contributed by atoms with E-state index in [1.165, 1.54) is 4.31 Å². The molecule has 1 atom stereocenters. The molecule has 25 heavy (non-hydrogen) atoms. The first-order valence-electron chi connectivity index (χ1n) is 8.12. The molecule has 0 spiro atoms. The lowest BCUT2D eigenvalue weighted by Gasteiger charge is -2.24. The second kappa shape index (κ2) is 5.74. The van der Waals surface area contributed by atoms with Crippen LogP contribution in [-0.4, -0.2) is 19.4 Å². The van der Waals surface area contributed by atoms with Crippen LogP contribution in [0.1, 0.15) is 18.4 Å². The van der Waals surface area contributed by atoms with Crippen LogP contribution < -0.4 is 4.31 Å². The number of nitrogens with zero attached hydrogens (tertiary/aromatic N) is 2. The number of aromatic nitrogens is 1. The highest BCUT2D eigenvalue weighted by Crippen LogP contribution is 2.36. The SMILES string of the molecule is Cc1nc(-c2ccc(S(=O)(=O)N3c4ccccc4CC3C)cc2)co1. The fourth-order valence-corrected chi connectivity index (χ4v) is 5.00. The number of rotatable bonds is 3. The molecule has 0 saturated carbocycles. The van der Waals surface area contributed by atoms with Crippen molar-refractivity contribution in [2.24, 2.45) is 0 Å². The second-order valence-corrected chi connectivity index (χ2v) is 8.07. The summed E-state index contributed by atoms with van der Waals surface area (Å²) < 4.78 is 33.0. The maximum atomic E-state index is 13.2. The number of fused-ring (bicyclic) bond motifs is 1. The average molecular weight is 354 g/mol. The number of hydrogen-bond donors (Lipinski definition) is 0. The molecule has 2 aromatic carbocycles. The third-order valence-electron chi connectivity index (χ3n) is 4.47. The smallest absolute Gasteiger partial charge is 0.264 e. The number of anilines is 1. The largest absolute Gasteiger partial charge is 0.449 e. The Morgan fingerprint density at radius 1 is 1.12 bits per heavy atom. The minimum Gasteiger partial charge on any atom is -0.449 e. The van der Waals surface area contributed by atoms with Gasteiger partial charge in [-0.15, -0.1) is 0 Å². The molecule has 1 aliphatic heterocycles. The van der Waals surface area contributed by atoms with Gasteiger partial charge in [0.15, 0.2) is 5.89 Å². The lowest BCUT2D eigenvalue weighted by Crippen LogP contribution is -2.35. The van der Waals surface area contributed by atoms with Gasteiger partial charge in [0.1, 0.15) is 12.0 Å². The molecule has 0 aliphatic carbocycles. The summed E-state index contributed by atoms with van der Waals surface area (Å²) in [5.74, 6) is 0.578. The van der Waals surface area contributed by atoms with Gasteiger partial charge < -0.3 is 4.42 Å². The summed E-state index contributed by atoms with van der Waals surface area (Å²) in [5.41, 5.74) is 3.35. The molecule has 5 nitrogen and oxygen atoms in total. The predicted molar refractivity (Wildman–Crippen MR) is 95.9 cm³/mol. The second-order valence-electron chi connectivity index (χ2n) is 6.26. The first-order valence-corrected chi connectivity index (χ1v) is 9.56. The average Bonchev–Trinajstić information content (AvgIpc) is 3.17. The van der Waals surface area contributed by atoms with Crippen molar-refractivity contribution in [3.05, 3.63) is 66.2 Å². The van der Waals surface area contributed by atoms with Crippen LogP contribution in [0.5, 0.6) is 0 Å². The van der Waals surface area contributed by atoms with Crippen LogP contribution in [-0.2, 0) is 16.4 Å². The first kappa shape index (κ1) is 15.9. The number of benzene rings is 2. The van der Waals surface area contributed by atoms with Gasteiger partial charge in [0.25, 0.3) is 10.0 Å². The lowest BCUT2D eigenvalue weighted by atomic mass is 10.1. The van der Waals surface area contributed by atoms with E-state index in [0.29, 0.717) is 11.6 Å². The van der Waals surface area contributed by atoms with Crippen LogP contribution in [0.25, 0.3) is 11.3 Å². The molecule has 0 N–H and O–H groups in total. The number of para-hydroxylation sites is 1. The summed E-state index contributed by atoms with van der Waals surface area (Å²) >= 11 is 0. The van der Waals surface area contributed by atoms with Crippen molar-refractivity contribution < 1.29 is 12.8 Å². The van der Waals surface area contributed by atoms with E-state index < -0.39 is 10.0 Å². The highest BCUT2D eigenvalue weighted by Gasteiger charge is 2.35. The monoisotopic (exact) mass is 354 g/mol. The molecule has 0 fully saturated rings. The molecule has 0 saturated heterocycles. The van der Waals surface area contributed by atoms with Gasteiger partial charge in [0, 0.05) is 18.5 Å². The van der Waals surface area contributed by atoms with Gasteiger partial charge in [0.05, 0.1) is 10.6 Å². The van der Waals surface area contributed by atoms with Crippen molar-refractivity contribution in [3.63, 3.8) is 0 Å². The van der Waals surface area contributed by atoms with E-state index in [0.717, 1.165) is 23.2 Å². The molecule has 1 aromatic heterocycles. The van der Waals surface area contributed by atoms with Crippen LogP contribution in [0.15, 0.2) is 64.1 Å². The van der Waals surface area contributed by atoms with Crippen molar-refractivity contribution in [1.29, 1.82) is 0 Å². The van der Waals surface area contributed by atoms with Gasteiger partial charge in [-0.3, -0.25) is 4.31 Å². The number of aryl methyl sites for hydroxylation is 1. The van der Waals surface area contributed by atoms with Gasteiger partial charge in [-0.25, -0.2) is 13.4 Å². The molecule has 0 amide bonds. The third-order valence-corrected chi connectivity index (χ3v) is 6.41. The molecule has 3 aromatic rings. The lowest BCUT2D eigenvalue weighted by molar-refractivity contribution is 0.521. The maximum absolute atomic E-state index is 13.2. The van der Waals surface area contributed by atoms with Crippen LogP contribution in [0.3, 0.4) is 0 Å². The van der Waals surface area contributed by atoms with Crippen molar-refractivity contribution >= 4 is 15.7 Å². The van der Waals surface area contributed by atoms with E-state index in [2.05, 4.69) is 4.98 Å². The number of oxazole rings is 1. The Kier molecular flexibility index (Phi) is 3.65. The highest BCUT2D eigenvalue weighted by molar-refractivity contribution is 7.92. The minimum absolute atomic E-state index is 0.0970. The van der Waals surface area contributed by atoms with Gasteiger partial charge in [0.2, 0.25) is 0 Å². The van der Waals surface area contributed by atoms with E-state index in [4.69, 9.17) is 4.42 Å². The number of sulfonamides is 1. The van der Waals surface area contributed by atoms with Crippen molar-refractivity contribution in [3.8, 4) is 11.3 Å². The Hall–Kier alpha value is -2.60. The van der Waals surface area contributed by atoms with Crippen molar-refractivity contribution in [1.82, 2.24) is 4.98 Å². The minimum atomic E-state index is -3.61. The summed E-state index contributed by atoms with van der Waals surface area (Å²) in [4.78, 5) is 4.54. The fourth-order valence-electron chi connectivity index (χ4n) is 3.31. The zero-order valence-corrected chi connectivity index (χ0v) is 14.8. The molecule has 4 rings (SSSR count). The number of hydrogen-bond acceptors (Lipinski definition) is 4. The van der Waals surface area contributed by atoms with Crippen LogP contribution in [0, 0.1) is 6.92 Å². The molecular formula is C19H18N2O3S. The zero-order valence-electron chi connectivity index (χ0n) is 14.0. The topological polar surface area (TPSA) is 63.4 Å². The Balaban J connectivity index is 1.71. The van der Waals surface area contributed by atoms with E-state index in [1.54, 1.807) is 37.5 Å². The van der Waals surface area contributed by atoms with E-state index in [-0.39, 0.29) is 10.9 Å². The normalized spacial score (nSPS) is 16.9. The molecule has 1 aliphatic rings. The van der Waals surface area contributed by atoms with Crippen LogP contribution in [0.2, 0.25) is 0 Å². The van der Waals surface area contributed by atoms with Gasteiger partial charge in [-0.05, 0) is 37.1 Å². The summed E-state index contributed by atoms with van der Waals surface area (Å²) in [6.45, 7) is 3.71. The van der Waals surface area contributed by atoms with Gasteiger partial charge >= 0.3 is 0 Å². The summed E-state index contributed by atoms with van der Waals surface area (Å²) in [6.07, 6.45) is 2.29. The molecular weight excluding hydrogens is 336 g/mol. The summed E-state index contributed by atoms with van der Waals surface area (Å²) in [6, 6.07) is 14.3. The quantitative estimate of drug-likeness (QED) is 0.718. The Bertz CT molecular complexity index is 1020. The van der Waals surface area contributed by atoms with E-state index in [9.17, 15) is 8.42 Å². The Morgan fingerprint density at radius 2 is 1.84 bits per heavy atom. The van der Waals surface area contributed by atoms with Crippen molar-refractivity contribution in [2.75, 3.05) is 4.31 Å². The predicted octanol–water partition coefficient (Wildman–Crippen LogP) is 3.79. The molecule has 6 heteroatoms. The summed E-state index contributed by atoms with van der Waals surface area (Å²) in [7, 11) is -3.61. The van der Waals surface area contributed by atoms with E-state index >= 15 is 0 Å². The molecule has 1 unspecified atom stereocenters. The first-order chi connectivity index (χ1) is 12.0. The zero-order chi connectivity index (χ0) is 17.6. The van der Waals surface area contributed by atoms with Gasteiger partial charge in [-0.1, -0.05) is 30.3 Å². The highest BCUT2D eigenvalue weighted by atomic mass is 32.2.